The molecule has 2 amide bonds. The summed E-state index contributed by atoms with van der Waals surface area (Å²) in [4.78, 5) is 25.7. The molecule has 190 valence electrons. The van der Waals surface area contributed by atoms with Crippen molar-refractivity contribution in [3.05, 3.63) is 82.8 Å². The van der Waals surface area contributed by atoms with Crippen LogP contribution >= 0.6 is 23.2 Å². The molecule has 3 aromatic rings. The van der Waals surface area contributed by atoms with Crippen LogP contribution in [-0.4, -0.2) is 35.3 Å². The highest BCUT2D eigenvalue weighted by Crippen LogP contribution is 2.37. The van der Waals surface area contributed by atoms with Gasteiger partial charge in [-0.1, -0.05) is 59.6 Å². The van der Waals surface area contributed by atoms with E-state index in [1.807, 2.05) is 36.4 Å². The van der Waals surface area contributed by atoms with Gasteiger partial charge in [0, 0.05) is 0 Å². The van der Waals surface area contributed by atoms with E-state index in [2.05, 4.69) is 30.7 Å². The molecule has 0 fully saturated rings. The van der Waals surface area contributed by atoms with E-state index < -0.39 is 12.1 Å². The number of amides is 2. The lowest BCUT2D eigenvalue weighted by molar-refractivity contribution is -0.118. The van der Waals surface area contributed by atoms with Gasteiger partial charge in [0.15, 0.2) is 12.1 Å². The van der Waals surface area contributed by atoms with E-state index in [1.54, 1.807) is 38.1 Å². The smallest absolute Gasteiger partial charge is 0.269 e. The molecule has 2 unspecified atom stereocenters. The Bertz CT molecular complexity index is 1410. The average molecular weight is 547 g/mol. The Hall–Kier alpha value is -4.28. The zero-order valence-electron chi connectivity index (χ0n) is 20.2. The third-order valence-electron chi connectivity index (χ3n) is 5.77. The number of hydrazone groups is 2. The maximum atomic E-state index is 12.9. The first-order valence-corrected chi connectivity index (χ1v) is 12.3. The number of para-hydroxylation sites is 2. The van der Waals surface area contributed by atoms with Crippen molar-refractivity contribution in [2.75, 3.05) is 10.0 Å². The highest BCUT2D eigenvalue weighted by atomic mass is 35.5. The van der Waals surface area contributed by atoms with Crippen molar-refractivity contribution in [1.82, 2.24) is 0 Å². The molecule has 0 aromatic heterocycles. The molecule has 2 aliphatic heterocycles. The molecule has 0 bridgehead atoms. The van der Waals surface area contributed by atoms with Gasteiger partial charge in [0.1, 0.15) is 11.4 Å². The Labute approximate surface area is 228 Å². The van der Waals surface area contributed by atoms with Crippen LogP contribution in [0.5, 0.6) is 0 Å². The molecule has 0 saturated heterocycles. The highest BCUT2D eigenvalue weighted by molar-refractivity contribution is 6.36. The fourth-order valence-corrected chi connectivity index (χ4v) is 4.20. The van der Waals surface area contributed by atoms with Crippen LogP contribution in [0.1, 0.15) is 13.8 Å². The zero-order valence-corrected chi connectivity index (χ0v) is 21.7. The SMILES string of the molecule is CC1=NN(c2ccccc2)C(=O)C1N=Nc1cc(Cl)c(N=NC2C(=O)N(c3ccccc3)N=C2C)cc1Cl. The zero-order chi connectivity index (χ0) is 26.8. The van der Waals surface area contributed by atoms with E-state index in [-0.39, 0.29) is 33.2 Å². The van der Waals surface area contributed by atoms with E-state index in [4.69, 9.17) is 23.2 Å². The summed E-state index contributed by atoms with van der Waals surface area (Å²) in [6.07, 6.45) is 0. The lowest BCUT2D eigenvalue weighted by atomic mass is 10.2. The van der Waals surface area contributed by atoms with Gasteiger partial charge < -0.3 is 0 Å². The summed E-state index contributed by atoms with van der Waals surface area (Å²) >= 11 is 12.8. The first kappa shape index (κ1) is 25.4. The van der Waals surface area contributed by atoms with Gasteiger partial charge in [-0.05, 0) is 50.2 Å². The molecule has 3 aromatic carbocycles. The normalized spacial score (nSPS) is 19.7. The number of hydrogen-bond acceptors (Lipinski definition) is 8. The topological polar surface area (TPSA) is 115 Å². The van der Waals surface area contributed by atoms with Gasteiger partial charge in [0.2, 0.25) is 0 Å². The number of halogens is 2. The molecule has 0 aliphatic carbocycles. The van der Waals surface area contributed by atoms with E-state index in [0.29, 0.717) is 22.8 Å². The Morgan fingerprint density at radius 3 is 1.39 bits per heavy atom. The minimum Gasteiger partial charge on any atom is -0.269 e. The summed E-state index contributed by atoms with van der Waals surface area (Å²) in [6.45, 7) is 3.41. The van der Waals surface area contributed by atoms with Crippen LogP contribution in [-0.2, 0) is 9.59 Å². The fraction of sp³-hybridized carbons (Fsp3) is 0.154. The van der Waals surface area contributed by atoms with E-state index in [1.165, 1.54) is 22.2 Å². The molecular formula is C26H20Cl2N8O2. The number of hydrogen-bond donors (Lipinski definition) is 0. The summed E-state index contributed by atoms with van der Waals surface area (Å²) in [5.74, 6) is -0.652. The number of anilines is 2. The second-order valence-corrected chi connectivity index (χ2v) is 9.26. The molecule has 2 atom stereocenters. The summed E-state index contributed by atoms with van der Waals surface area (Å²) in [5, 5.41) is 28.2. The number of carbonyl (C=O) groups excluding carboxylic acids is 2. The van der Waals surface area contributed by atoms with Crippen molar-refractivity contribution in [2.24, 2.45) is 30.7 Å². The van der Waals surface area contributed by atoms with Crippen LogP contribution in [0.15, 0.2) is 103 Å². The molecule has 0 radical (unpaired) electrons. The molecule has 2 aliphatic rings. The van der Waals surface area contributed by atoms with Gasteiger partial charge in [-0.2, -0.15) is 40.7 Å². The monoisotopic (exact) mass is 546 g/mol. The number of rotatable bonds is 6. The molecule has 10 nitrogen and oxygen atoms in total. The molecule has 5 rings (SSSR count). The minimum absolute atomic E-state index is 0.195. The maximum Gasteiger partial charge on any atom is 0.280 e. The van der Waals surface area contributed by atoms with Gasteiger partial charge in [-0.25, -0.2) is 0 Å². The van der Waals surface area contributed by atoms with Crippen molar-refractivity contribution in [3.63, 3.8) is 0 Å². The lowest BCUT2D eigenvalue weighted by Gasteiger charge is -2.12. The Morgan fingerprint density at radius 1 is 0.658 bits per heavy atom. The van der Waals surface area contributed by atoms with E-state index in [9.17, 15) is 9.59 Å². The van der Waals surface area contributed by atoms with Crippen molar-refractivity contribution in [1.29, 1.82) is 0 Å². The van der Waals surface area contributed by atoms with Gasteiger partial charge >= 0.3 is 0 Å². The second kappa shape index (κ2) is 10.6. The van der Waals surface area contributed by atoms with Crippen LogP contribution in [0.4, 0.5) is 22.7 Å². The highest BCUT2D eigenvalue weighted by Gasteiger charge is 2.35. The molecule has 12 heteroatoms. The summed E-state index contributed by atoms with van der Waals surface area (Å²) in [6, 6.07) is 19.3. The third-order valence-corrected chi connectivity index (χ3v) is 6.38. The number of benzene rings is 3. The summed E-state index contributed by atoms with van der Waals surface area (Å²) in [5.41, 5.74) is 2.77. The first-order chi connectivity index (χ1) is 18.3. The van der Waals surface area contributed by atoms with Gasteiger partial charge in [-0.3, -0.25) is 9.59 Å². The van der Waals surface area contributed by atoms with Gasteiger partial charge in [-0.15, -0.1) is 0 Å². The Balaban J connectivity index is 1.31. The van der Waals surface area contributed by atoms with E-state index in [0.717, 1.165) is 0 Å². The lowest BCUT2D eigenvalue weighted by Crippen LogP contribution is -2.29. The molecule has 38 heavy (non-hydrogen) atoms. The Kier molecular flexibility index (Phi) is 7.08. The number of azo groups is 2. The summed E-state index contributed by atoms with van der Waals surface area (Å²) in [7, 11) is 0. The van der Waals surface area contributed by atoms with Gasteiger partial charge in [0.05, 0.1) is 32.8 Å². The molecule has 0 spiro atoms. The van der Waals surface area contributed by atoms with Crippen LogP contribution in [0, 0.1) is 0 Å². The average Bonchev–Trinajstić information content (AvgIpc) is 3.37. The summed E-state index contributed by atoms with van der Waals surface area (Å²) < 4.78 is 0. The Morgan fingerprint density at radius 2 is 1.03 bits per heavy atom. The standard InChI is InChI=1S/C26H20Cl2N8O2/c1-15-23(25(37)35(33-15)17-9-5-3-6-10-17)31-29-21-13-20(28)22(14-19(21)27)30-32-24-16(2)34-36(26(24)38)18-11-7-4-8-12-18/h3-14,23-24H,1-2H3. The fourth-order valence-electron chi connectivity index (χ4n) is 3.81. The predicted molar refractivity (Wildman–Crippen MR) is 147 cm³/mol. The van der Waals surface area contributed by atoms with E-state index >= 15 is 0 Å². The quantitative estimate of drug-likeness (QED) is 0.318. The van der Waals surface area contributed by atoms with Crippen LogP contribution in [0.2, 0.25) is 10.0 Å². The minimum atomic E-state index is -0.882. The van der Waals surface area contributed by atoms with Crippen molar-refractivity contribution in [2.45, 2.75) is 25.9 Å². The predicted octanol–water partition coefficient (Wildman–Crippen LogP) is 6.74. The second-order valence-electron chi connectivity index (χ2n) is 8.44. The van der Waals surface area contributed by atoms with Crippen LogP contribution in [0.3, 0.4) is 0 Å². The van der Waals surface area contributed by atoms with Crippen molar-refractivity contribution < 1.29 is 9.59 Å². The molecule has 2 heterocycles. The van der Waals surface area contributed by atoms with Crippen LogP contribution in [0.25, 0.3) is 0 Å². The van der Waals surface area contributed by atoms with Crippen LogP contribution < -0.4 is 10.0 Å². The molecule has 0 N–H and O–H groups in total. The molecule has 0 saturated carbocycles. The largest absolute Gasteiger partial charge is 0.280 e. The maximum absolute atomic E-state index is 12.9. The third kappa shape index (κ3) is 4.96. The number of nitrogens with zero attached hydrogens (tertiary/aromatic N) is 8. The number of carbonyl (C=O) groups is 2. The molecular weight excluding hydrogens is 527 g/mol. The van der Waals surface area contributed by atoms with Gasteiger partial charge in [0.25, 0.3) is 11.8 Å². The van der Waals surface area contributed by atoms with Crippen molar-refractivity contribution in [3.8, 4) is 0 Å². The first-order valence-electron chi connectivity index (χ1n) is 11.5. The van der Waals surface area contributed by atoms with Crippen molar-refractivity contribution >= 4 is 69.2 Å².